The zero-order valence-electron chi connectivity index (χ0n) is 22.5. The van der Waals surface area contributed by atoms with E-state index in [2.05, 4.69) is 132 Å². The van der Waals surface area contributed by atoms with E-state index in [1.807, 2.05) is 24.6 Å². The minimum absolute atomic E-state index is 0.419. The van der Waals surface area contributed by atoms with E-state index >= 15 is 0 Å². The van der Waals surface area contributed by atoms with Crippen molar-refractivity contribution < 1.29 is 8.46 Å². The molecule has 6 heteroatoms. The van der Waals surface area contributed by atoms with Gasteiger partial charge in [0.05, 0.1) is 11.4 Å². The summed E-state index contributed by atoms with van der Waals surface area (Å²) in [7, 11) is 1.19. The minimum atomic E-state index is 0.419. The van der Waals surface area contributed by atoms with Crippen LogP contribution in [-0.2, 0) is 8.46 Å². The number of para-hydroxylation sites is 2. The summed E-state index contributed by atoms with van der Waals surface area (Å²) in [4.78, 5) is 14.5. The van der Waals surface area contributed by atoms with E-state index in [-0.39, 0.29) is 0 Å². The van der Waals surface area contributed by atoms with E-state index in [4.69, 9.17) is 15.0 Å². The topological polar surface area (TPSA) is 38.8 Å². The van der Waals surface area contributed by atoms with Crippen molar-refractivity contribution in [3.05, 3.63) is 82.2 Å². The Hall–Kier alpha value is -0.961. The van der Waals surface area contributed by atoms with E-state index in [9.17, 15) is 0 Å². The first kappa shape index (κ1) is 31.3. The maximum absolute atomic E-state index is 4.89. The standard InChI is InChI=1S/C30H38N3.Fe.2HI/c1-19(2)25-11-9-12-26(20(3)4)29(25)31-17-23-15-16-24(33-23)18-32-30-27(21(5)6)13-10-14-28(30)22(7)8;;;/h9-22H,1-8H3;;2*1H/q-1;+3;;/p-2. The molecule has 0 aliphatic rings. The van der Waals surface area contributed by atoms with Crippen molar-refractivity contribution >= 4 is 64.5 Å². The first-order chi connectivity index (χ1) is 17.1. The van der Waals surface area contributed by atoms with E-state index in [0.29, 0.717) is 23.7 Å². The Bertz CT molecular complexity index is 1020. The van der Waals surface area contributed by atoms with Crippen LogP contribution in [0.5, 0.6) is 0 Å². The van der Waals surface area contributed by atoms with Crippen LogP contribution in [0.2, 0.25) is 0 Å². The Morgan fingerprint density at radius 3 is 1.11 bits per heavy atom. The molecule has 1 aromatic heterocycles. The van der Waals surface area contributed by atoms with Gasteiger partial charge in [-0.25, -0.2) is 0 Å². The molecule has 1 heterocycles. The van der Waals surface area contributed by atoms with Gasteiger partial charge in [0.25, 0.3) is 0 Å². The van der Waals surface area contributed by atoms with Crippen LogP contribution in [0.25, 0.3) is 0 Å². The number of hydrogen-bond donors (Lipinski definition) is 0. The molecule has 0 fully saturated rings. The van der Waals surface area contributed by atoms with Gasteiger partial charge in [-0.05, 0) is 45.9 Å². The van der Waals surface area contributed by atoms with Gasteiger partial charge in [0.2, 0.25) is 0 Å². The van der Waals surface area contributed by atoms with Gasteiger partial charge in [-0.15, -0.1) is 11.4 Å². The molecule has 0 radical (unpaired) electrons. The molecule has 0 amide bonds. The Labute approximate surface area is 247 Å². The summed E-state index contributed by atoms with van der Waals surface area (Å²) >= 11 is 4.55. The monoisotopic (exact) mass is 750 g/mol. The van der Waals surface area contributed by atoms with Crippen LogP contribution in [0, 0.1) is 0 Å². The molecule has 195 valence electrons. The third-order valence-corrected chi connectivity index (χ3v) is 6.02. The van der Waals surface area contributed by atoms with Crippen LogP contribution in [0.15, 0.2) is 58.5 Å². The fourth-order valence-electron chi connectivity index (χ4n) is 4.12. The molecule has 3 nitrogen and oxygen atoms in total. The van der Waals surface area contributed by atoms with Crippen molar-refractivity contribution in [2.45, 2.75) is 79.1 Å². The second-order valence-electron chi connectivity index (χ2n) is 10.1. The predicted octanol–water partition coefficient (Wildman–Crippen LogP) is 10.4. The molecule has 3 aromatic rings. The summed E-state index contributed by atoms with van der Waals surface area (Å²) in [5, 5.41) is 0. The number of aromatic nitrogens is 1. The van der Waals surface area contributed by atoms with Gasteiger partial charge in [-0.2, -0.15) is 0 Å². The number of halogens is 2. The van der Waals surface area contributed by atoms with Crippen molar-refractivity contribution in [3.63, 3.8) is 0 Å². The summed E-state index contributed by atoms with van der Waals surface area (Å²) in [5.74, 6) is 1.68. The molecule has 0 saturated carbocycles. The second-order valence-corrected chi connectivity index (χ2v) is 19.4. The van der Waals surface area contributed by atoms with Gasteiger partial charge < -0.3 is 4.98 Å². The molecule has 2 aromatic carbocycles. The summed E-state index contributed by atoms with van der Waals surface area (Å²) < 4.78 is 0. The Kier molecular flexibility index (Phi) is 13.4. The Morgan fingerprint density at radius 2 is 0.861 bits per heavy atom. The molecule has 0 aliphatic carbocycles. The maximum atomic E-state index is 4.89. The van der Waals surface area contributed by atoms with Crippen LogP contribution >= 0.6 is 40.7 Å². The molecule has 0 saturated heterocycles. The zero-order valence-corrected chi connectivity index (χ0v) is 28.0. The van der Waals surface area contributed by atoms with Gasteiger partial charge in [0.1, 0.15) is 0 Å². The van der Waals surface area contributed by atoms with E-state index in [1.165, 1.54) is 30.7 Å². The Morgan fingerprint density at radius 1 is 0.583 bits per heavy atom. The third-order valence-electron chi connectivity index (χ3n) is 6.02. The van der Waals surface area contributed by atoms with Gasteiger partial charge in [0, 0.05) is 12.4 Å². The number of benzene rings is 2. The van der Waals surface area contributed by atoms with Crippen molar-refractivity contribution in [1.29, 1.82) is 0 Å². The average molecular weight is 750 g/mol. The summed E-state index contributed by atoms with van der Waals surface area (Å²) in [6, 6.07) is 17.0. The number of rotatable bonds is 8. The Balaban J connectivity index is 0.00000145. The third kappa shape index (κ3) is 8.81. The molecule has 0 aliphatic heterocycles. The van der Waals surface area contributed by atoms with Crippen LogP contribution in [0.1, 0.15) is 113 Å². The fourth-order valence-corrected chi connectivity index (χ4v) is 4.12. The van der Waals surface area contributed by atoms with Gasteiger partial charge in [-0.3, -0.25) is 9.98 Å². The molecule has 0 atom stereocenters. The van der Waals surface area contributed by atoms with Crippen LogP contribution < -0.4 is 4.98 Å². The number of aliphatic imine (C=N–C) groups is 2. The van der Waals surface area contributed by atoms with Crippen molar-refractivity contribution in [2.75, 3.05) is 0 Å². The molecule has 0 bridgehead atoms. The normalized spacial score (nSPS) is 11.9. The predicted molar refractivity (Wildman–Crippen MR) is 172 cm³/mol. The SMILES string of the molecule is CC(C)c1cccc(C(C)C)c1N=Cc1ccc(C=Nc2c(C(C)C)cccc2C(C)C)[n-]1.[I][Fe+][I]. The molecule has 0 unspecified atom stereocenters. The molecule has 36 heavy (non-hydrogen) atoms. The van der Waals surface area contributed by atoms with E-state index < -0.39 is 0 Å². The van der Waals surface area contributed by atoms with Crippen LogP contribution in [-0.4, -0.2) is 12.4 Å². The first-order valence-corrected chi connectivity index (χ1v) is 19.6. The van der Waals surface area contributed by atoms with Crippen LogP contribution in [0.4, 0.5) is 11.4 Å². The number of hydrogen-bond acceptors (Lipinski definition) is 2. The number of nitrogens with zero attached hydrogens (tertiary/aromatic N) is 3. The summed E-state index contributed by atoms with van der Waals surface area (Å²) in [6.45, 7) is 17.7. The molecular weight excluding hydrogens is 712 g/mol. The van der Waals surface area contributed by atoms with Gasteiger partial charge in [-0.1, -0.05) is 104 Å². The van der Waals surface area contributed by atoms with Gasteiger partial charge in [0.15, 0.2) is 0 Å². The molecular formula is C30H38FeI2N3. The van der Waals surface area contributed by atoms with Gasteiger partial charge >= 0.3 is 49.1 Å². The van der Waals surface area contributed by atoms with Crippen molar-refractivity contribution in [3.8, 4) is 0 Å². The average Bonchev–Trinajstić information content (AvgIpc) is 3.28. The second kappa shape index (κ2) is 15.5. The quantitative estimate of drug-likeness (QED) is 0.128. The summed E-state index contributed by atoms with van der Waals surface area (Å²) in [6.07, 6.45) is 3.76. The fraction of sp³-hybridized carbons (Fsp3) is 0.400. The van der Waals surface area contributed by atoms with Crippen LogP contribution in [0.3, 0.4) is 0 Å². The van der Waals surface area contributed by atoms with Crippen molar-refractivity contribution in [2.24, 2.45) is 9.98 Å². The zero-order chi connectivity index (χ0) is 26.8. The first-order valence-electron chi connectivity index (χ1n) is 12.4. The van der Waals surface area contributed by atoms with E-state index in [0.717, 1.165) is 22.8 Å². The molecule has 0 N–H and O–H groups in total. The van der Waals surface area contributed by atoms with Crippen molar-refractivity contribution in [1.82, 2.24) is 4.98 Å². The summed E-state index contributed by atoms with van der Waals surface area (Å²) in [5.41, 5.74) is 8.96. The molecule has 0 spiro atoms. The molecule has 3 rings (SSSR count). The van der Waals surface area contributed by atoms with E-state index in [1.54, 1.807) is 0 Å².